The lowest BCUT2D eigenvalue weighted by Gasteiger charge is -2.18. The molecule has 0 aliphatic heterocycles. The number of hydrogen-bond acceptors (Lipinski definition) is 3. The van der Waals surface area contributed by atoms with E-state index < -0.39 is 6.10 Å². The first-order valence-corrected chi connectivity index (χ1v) is 7.12. The summed E-state index contributed by atoms with van der Waals surface area (Å²) in [6.45, 7) is 7.88. The lowest BCUT2D eigenvalue weighted by Crippen LogP contribution is -2.41. The van der Waals surface area contributed by atoms with Crippen LogP contribution in [0.15, 0.2) is 24.3 Å². The van der Waals surface area contributed by atoms with E-state index in [0.29, 0.717) is 18.1 Å². The average Bonchev–Trinajstić information content (AvgIpc) is 2.39. The smallest absolute Gasteiger partial charge is 0.260 e. The van der Waals surface area contributed by atoms with Crippen LogP contribution in [0.2, 0.25) is 0 Å². The zero-order chi connectivity index (χ0) is 15.1. The molecule has 0 fully saturated rings. The molecule has 1 amide bonds. The molecule has 0 heterocycles. The molecule has 2 unspecified atom stereocenters. The summed E-state index contributed by atoms with van der Waals surface area (Å²) in [5, 5.41) is 11.6. The molecule has 1 rings (SSSR count). The second-order valence-electron chi connectivity index (χ2n) is 5.41. The number of rotatable bonds is 7. The fourth-order valence-corrected chi connectivity index (χ4v) is 1.83. The number of nitrogens with one attached hydrogen (secondary N) is 1. The highest BCUT2D eigenvalue weighted by Crippen LogP contribution is 2.21. The van der Waals surface area contributed by atoms with E-state index in [-0.39, 0.29) is 18.6 Å². The van der Waals surface area contributed by atoms with Gasteiger partial charge < -0.3 is 15.2 Å². The molecule has 4 heteroatoms. The molecule has 0 spiro atoms. The Morgan fingerprint density at radius 2 is 2.00 bits per heavy atom. The van der Waals surface area contributed by atoms with Crippen LogP contribution in [0.4, 0.5) is 0 Å². The van der Waals surface area contributed by atoms with Crippen LogP contribution in [0.5, 0.6) is 5.75 Å². The molecule has 0 aromatic heterocycles. The average molecular weight is 279 g/mol. The van der Waals surface area contributed by atoms with E-state index in [0.717, 1.165) is 0 Å². The molecule has 0 aliphatic carbocycles. The topological polar surface area (TPSA) is 58.6 Å². The lowest BCUT2D eigenvalue weighted by atomic mass is 10.0. The summed E-state index contributed by atoms with van der Waals surface area (Å²) < 4.78 is 5.67. The van der Waals surface area contributed by atoms with Crippen LogP contribution in [0, 0.1) is 0 Å². The van der Waals surface area contributed by atoms with Crippen molar-refractivity contribution in [1.29, 1.82) is 0 Å². The normalized spacial score (nSPS) is 13.9. The van der Waals surface area contributed by atoms with Crippen LogP contribution in [-0.4, -0.2) is 29.8 Å². The highest BCUT2D eigenvalue weighted by molar-refractivity contribution is 5.80. The Balaban J connectivity index is 2.59. The van der Waals surface area contributed by atoms with E-state index in [2.05, 4.69) is 19.2 Å². The minimum Gasteiger partial charge on any atom is -0.481 e. The molecule has 2 atom stereocenters. The summed E-state index contributed by atoms with van der Waals surface area (Å²) in [6, 6.07) is 7.74. The van der Waals surface area contributed by atoms with Gasteiger partial charge in [-0.3, -0.25) is 4.79 Å². The fraction of sp³-hybridized carbons (Fsp3) is 0.562. The van der Waals surface area contributed by atoms with E-state index in [1.165, 1.54) is 5.56 Å². The molecule has 0 saturated carbocycles. The van der Waals surface area contributed by atoms with Crippen molar-refractivity contribution in [3.63, 3.8) is 0 Å². The van der Waals surface area contributed by atoms with Gasteiger partial charge >= 0.3 is 0 Å². The largest absolute Gasteiger partial charge is 0.481 e. The molecule has 0 aliphatic rings. The molecule has 4 nitrogen and oxygen atoms in total. The van der Waals surface area contributed by atoms with E-state index in [1.54, 1.807) is 6.92 Å². The molecule has 1 aromatic carbocycles. The van der Waals surface area contributed by atoms with Gasteiger partial charge in [0.25, 0.3) is 5.91 Å². The molecule has 0 bridgehead atoms. The van der Waals surface area contributed by atoms with Gasteiger partial charge in [-0.05, 0) is 43.9 Å². The molecule has 0 saturated heterocycles. The van der Waals surface area contributed by atoms with Gasteiger partial charge in [-0.15, -0.1) is 0 Å². The van der Waals surface area contributed by atoms with Gasteiger partial charge in [0.05, 0.1) is 0 Å². The molecule has 20 heavy (non-hydrogen) atoms. The maximum absolute atomic E-state index is 11.9. The second kappa shape index (κ2) is 7.90. The third-order valence-corrected chi connectivity index (χ3v) is 3.16. The summed E-state index contributed by atoms with van der Waals surface area (Å²) in [5.74, 6) is 0.960. The molecule has 112 valence electrons. The standard InChI is InChI=1S/C16H25NO3/c1-11(2)14-6-5-7-15(10-14)20-13(4)16(19)17-12(3)8-9-18/h5-7,10-13,18H,8-9H2,1-4H3,(H,17,19). The summed E-state index contributed by atoms with van der Waals surface area (Å²) >= 11 is 0. The molecule has 1 aromatic rings. The Morgan fingerprint density at radius 1 is 1.30 bits per heavy atom. The van der Waals surface area contributed by atoms with Gasteiger partial charge in [-0.2, -0.15) is 0 Å². The van der Waals surface area contributed by atoms with Crippen molar-refractivity contribution in [3.05, 3.63) is 29.8 Å². The number of carbonyl (C=O) groups is 1. The van der Waals surface area contributed by atoms with Gasteiger partial charge in [-0.25, -0.2) is 0 Å². The third kappa shape index (κ3) is 5.21. The molecular weight excluding hydrogens is 254 g/mol. The minimum absolute atomic E-state index is 0.0550. The van der Waals surface area contributed by atoms with Gasteiger partial charge in [0.15, 0.2) is 6.10 Å². The fourth-order valence-electron chi connectivity index (χ4n) is 1.83. The van der Waals surface area contributed by atoms with Crippen molar-refractivity contribution in [1.82, 2.24) is 5.32 Å². The van der Waals surface area contributed by atoms with E-state index in [4.69, 9.17) is 9.84 Å². The molecular formula is C16H25NO3. The number of hydrogen-bond donors (Lipinski definition) is 2. The van der Waals surface area contributed by atoms with Crippen molar-refractivity contribution in [3.8, 4) is 5.75 Å². The van der Waals surface area contributed by atoms with Crippen molar-refractivity contribution in [2.75, 3.05) is 6.61 Å². The zero-order valence-corrected chi connectivity index (χ0v) is 12.7. The lowest BCUT2D eigenvalue weighted by molar-refractivity contribution is -0.127. The first kappa shape index (κ1) is 16.5. The number of carbonyl (C=O) groups excluding carboxylic acids is 1. The van der Waals surface area contributed by atoms with Crippen LogP contribution in [-0.2, 0) is 4.79 Å². The van der Waals surface area contributed by atoms with E-state index in [9.17, 15) is 4.79 Å². The number of aliphatic hydroxyl groups is 1. The molecule has 0 radical (unpaired) electrons. The van der Waals surface area contributed by atoms with Gasteiger partial charge in [0.2, 0.25) is 0 Å². The van der Waals surface area contributed by atoms with Crippen LogP contribution in [0.25, 0.3) is 0 Å². The second-order valence-corrected chi connectivity index (χ2v) is 5.41. The number of amides is 1. The Hall–Kier alpha value is -1.55. The summed E-state index contributed by atoms with van der Waals surface area (Å²) in [6.07, 6.45) is -0.0139. The highest BCUT2D eigenvalue weighted by Gasteiger charge is 2.16. The highest BCUT2D eigenvalue weighted by atomic mass is 16.5. The zero-order valence-electron chi connectivity index (χ0n) is 12.7. The van der Waals surface area contributed by atoms with E-state index >= 15 is 0 Å². The quantitative estimate of drug-likeness (QED) is 0.806. The summed E-state index contributed by atoms with van der Waals surface area (Å²) in [7, 11) is 0. The van der Waals surface area contributed by atoms with Crippen LogP contribution >= 0.6 is 0 Å². The van der Waals surface area contributed by atoms with Crippen molar-refractivity contribution < 1.29 is 14.6 Å². The van der Waals surface area contributed by atoms with Gasteiger partial charge in [0.1, 0.15) is 5.75 Å². The Morgan fingerprint density at radius 3 is 2.60 bits per heavy atom. The number of benzene rings is 1. The van der Waals surface area contributed by atoms with Crippen molar-refractivity contribution in [2.24, 2.45) is 0 Å². The van der Waals surface area contributed by atoms with Gasteiger partial charge in [0, 0.05) is 12.6 Å². The Kier molecular flexibility index (Phi) is 6.52. The van der Waals surface area contributed by atoms with E-state index in [1.807, 2.05) is 31.2 Å². The SMILES string of the molecule is CC(CCO)NC(=O)C(C)Oc1cccc(C(C)C)c1. The number of ether oxygens (including phenoxy) is 1. The monoisotopic (exact) mass is 279 g/mol. The maximum Gasteiger partial charge on any atom is 0.260 e. The predicted octanol–water partition coefficient (Wildman–Crippen LogP) is 2.46. The minimum atomic E-state index is -0.557. The van der Waals surface area contributed by atoms with Crippen LogP contribution in [0.3, 0.4) is 0 Å². The van der Waals surface area contributed by atoms with Crippen LogP contribution < -0.4 is 10.1 Å². The summed E-state index contributed by atoms with van der Waals surface area (Å²) in [5.41, 5.74) is 1.18. The third-order valence-electron chi connectivity index (χ3n) is 3.16. The van der Waals surface area contributed by atoms with Crippen molar-refractivity contribution >= 4 is 5.91 Å². The Labute approximate surface area is 121 Å². The Bertz CT molecular complexity index is 431. The first-order valence-electron chi connectivity index (χ1n) is 7.12. The van der Waals surface area contributed by atoms with Crippen LogP contribution in [0.1, 0.15) is 45.6 Å². The van der Waals surface area contributed by atoms with Gasteiger partial charge in [-0.1, -0.05) is 26.0 Å². The number of aliphatic hydroxyl groups excluding tert-OH is 1. The maximum atomic E-state index is 11.9. The molecule has 2 N–H and O–H groups in total. The summed E-state index contributed by atoms with van der Waals surface area (Å²) in [4.78, 5) is 11.9. The predicted molar refractivity (Wildman–Crippen MR) is 79.9 cm³/mol. The van der Waals surface area contributed by atoms with Crippen molar-refractivity contribution in [2.45, 2.75) is 52.2 Å². The first-order chi connectivity index (χ1) is 9.43.